The van der Waals surface area contributed by atoms with Gasteiger partial charge in [-0.05, 0) is 19.8 Å². The summed E-state index contributed by atoms with van der Waals surface area (Å²) in [5.74, 6) is -1.24. The van der Waals surface area contributed by atoms with E-state index in [9.17, 15) is 9.59 Å². The molecular weight excluding hydrogens is 266 g/mol. The van der Waals surface area contributed by atoms with Crippen LogP contribution in [0.1, 0.15) is 41.3 Å². The summed E-state index contributed by atoms with van der Waals surface area (Å²) in [5.41, 5.74) is 6.12. The molecule has 1 aliphatic rings. The number of hydrogen-bond acceptors (Lipinski definition) is 5. The normalized spacial score (nSPS) is 18.3. The summed E-state index contributed by atoms with van der Waals surface area (Å²) in [7, 11) is 0. The lowest BCUT2D eigenvalue weighted by atomic mass is 9.97. The lowest BCUT2D eigenvalue weighted by Crippen LogP contribution is -2.40. The molecule has 3 N–H and O–H groups in total. The van der Waals surface area contributed by atoms with Gasteiger partial charge in [-0.15, -0.1) is 11.3 Å². The van der Waals surface area contributed by atoms with Crippen molar-refractivity contribution in [1.82, 2.24) is 9.88 Å². The van der Waals surface area contributed by atoms with Crippen LogP contribution in [0.3, 0.4) is 0 Å². The van der Waals surface area contributed by atoms with Crippen LogP contribution in [0.4, 0.5) is 0 Å². The van der Waals surface area contributed by atoms with Crippen LogP contribution < -0.4 is 5.73 Å². The van der Waals surface area contributed by atoms with Gasteiger partial charge in [0, 0.05) is 18.5 Å². The summed E-state index contributed by atoms with van der Waals surface area (Å²) < 4.78 is 0. The Kier molecular flexibility index (Phi) is 4.16. The largest absolute Gasteiger partial charge is 0.481 e. The zero-order chi connectivity index (χ0) is 14.0. The second kappa shape index (κ2) is 5.66. The molecule has 0 aromatic carbocycles. The van der Waals surface area contributed by atoms with E-state index in [0.717, 1.165) is 5.01 Å². The molecule has 1 aromatic rings. The molecule has 6 nitrogen and oxygen atoms in total. The number of rotatable bonds is 3. The highest BCUT2D eigenvalue weighted by Crippen LogP contribution is 2.21. The average molecular weight is 283 g/mol. The van der Waals surface area contributed by atoms with E-state index in [1.807, 2.05) is 6.92 Å². The van der Waals surface area contributed by atoms with Gasteiger partial charge >= 0.3 is 5.97 Å². The molecule has 1 unspecified atom stereocenters. The average Bonchev–Trinajstić information content (AvgIpc) is 2.87. The van der Waals surface area contributed by atoms with Crippen molar-refractivity contribution in [2.45, 2.75) is 25.8 Å². The van der Waals surface area contributed by atoms with Gasteiger partial charge in [-0.2, -0.15) is 0 Å². The number of carbonyl (C=O) groups is 2. The molecule has 0 spiro atoms. The van der Waals surface area contributed by atoms with Crippen molar-refractivity contribution in [2.75, 3.05) is 13.1 Å². The number of aromatic nitrogens is 1. The van der Waals surface area contributed by atoms with Gasteiger partial charge in [-0.25, -0.2) is 4.98 Å². The maximum atomic E-state index is 12.2. The topological polar surface area (TPSA) is 96.5 Å². The van der Waals surface area contributed by atoms with Crippen molar-refractivity contribution < 1.29 is 14.7 Å². The standard InChI is InChI=1S/C12H17N3O3S/c1-7(13)10-14-9(6-19-10)11(16)15-4-2-8(3-5-15)12(17)18/h6-8H,2-5,13H2,1H3,(H,17,18). The number of nitrogens with zero attached hydrogens (tertiary/aromatic N) is 2. The highest BCUT2D eigenvalue weighted by atomic mass is 32.1. The summed E-state index contributed by atoms with van der Waals surface area (Å²) in [6, 6.07) is -0.177. The van der Waals surface area contributed by atoms with Crippen LogP contribution in [-0.2, 0) is 4.79 Å². The first-order valence-electron chi connectivity index (χ1n) is 6.22. The van der Waals surface area contributed by atoms with Gasteiger partial charge in [0.15, 0.2) is 0 Å². The van der Waals surface area contributed by atoms with E-state index in [1.165, 1.54) is 11.3 Å². The summed E-state index contributed by atoms with van der Waals surface area (Å²) >= 11 is 1.38. The van der Waals surface area contributed by atoms with Crippen molar-refractivity contribution in [3.63, 3.8) is 0 Å². The van der Waals surface area contributed by atoms with E-state index in [0.29, 0.717) is 31.6 Å². The number of nitrogens with two attached hydrogens (primary N) is 1. The highest BCUT2D eigenvalue weighted by molar-refractivity contribution is 7.09. The summed E-state index contributed by atoms with van der Waals surface area (Å²) in [6.45, 7) is 2.77. The lowest BCUT2D eigenvalue weighted by molar-refractivity contribution is -0.143. The molecule has 2 rings (SSSR count). The van der Waals surface area contributed by atoms with Crippen molar-refractivity contribution in [3.05, 3.63) is 16.1 Å². The summed E-state index contributed by atoms with van der Waals surface area (Å²) in [5, 5.41) is 11.4. The fourth-order valence-electron chi connectivity index (χ4n) is 2.09. The first kappa shape index (κ1) is 14.0. The van der Waals surface area contributed by atoms with Crippen molar-refractivity contribution >= 4 is 23.2 Å². The van der Waals surface area contributed by atoms with Crippen LogP contribution in [-0.4, -0.2) is 40.0 Å². The number of carbonyl (C=O) groups excluding carboxylic acids is 1. The SMILES string of the molecule is CC(N)c1nc(C(=O)N2CCC(C(=O)O)CC2)cs1. The van der Waals surface area contributed by atoms with Crippen LogP contribution in [0.2, 0.25) is 0 Å². The fourth-order valence-corrected chi connectivity index (χ4v) is 2.84. The number of hydrogen-bond donors (Lipinski definition) is 2. The zero-order valence-corrected chi connectivity index (χ0v) is 11.5. The maximum Gasteiger partial charge on any atom is 0.306 e. The molecule has 0 aliphatic carbocycles. The molecule has 1 amide bonds. The summed E-state index contributed by atoms with van der Waals surface area (Å²) in [4.78, 5) is 28.9. The molecule has 1 saturated heterocycles. The second-order valence-electron chi connectivity index (χ2n) is 4.76. The van der Waals surface area contributed by atoms with Crippen LogP contribution in [0.15, 0.2) is 5.38 Å². The first-order chi connectivity index (χ1) is 8.99. The Labute approximate surface area is 115 Å². The minimum atomic E-state index is -0.778. The minimum absolute atomic E-state index is 0.132. The number of aliphatic carboxylic acids is 1. The van der Waals surface area contributed by atoms with Gasteiger partial charge in [-0.1, -0.05) is 0 Å². The number of likely N-dealkylation sites (tertiary alicyclic amines) is 1. The molecule has 19 heavy (non-hydrogen) atoms. The van der Waals surface area contributed by atoms with Gasteiger partial charge in [0.2, 0.25) is 0 Å². The predicted molar refractivity (Wildman–Crippen MR) is 71.0 cm³/mol. The monoisotopic (exact) mass is 283 g/mol. The minimum Gasteiger partial charge on any atom is -0.481 e. The Balaban J connectivity index is 1.99. The van der Waals surface area contributed by atoms with Crippen LogP contribution in [0.25, 0.3) is 0 Å². The number of thiazole rings is 1. The van der Waals surface area contributed by atoms with E-state index in [2.05, 4.69) is 4.98 Å². The molecule has 1 aliphatic heterocycles. The van der Waals surface area contributed by atoms with E-state index >= 15 is 0 Å². The van der Waals surface area contributed by atoms with Gasteiger partial charge in [0.25, 0.3) is 5.91 Å². The molecule has 2 heterocycles. The van der Waals surface area contributed by atoms with E-state index < -0.39 is 5.97 Å². The molecule has 1 atom stereocenters. The van der Waals surface area contributed by atoms with Gasteiger partial charge < -0.3 is 15.7 Å². The third kappa shape index (κ3) is 3.10. The Morgan fingerprint density at radius 1 is 1.53 bits per heavy atom. The second-order valence-corrected chi connectivity index (χ2v) is 5.65. The molecule has 1 aromatic heterocycles. The molecule has 0 bridgehead atoms. The Morgan fingerprint density at radius 2 is 2.16 bits per heavy atom. The van der Waals surface area contributed by atoms with Crippen LogP contribution >= 0.6 is 11.3 Å². The van der Waals surface area contributed by atoms with E-state index in [-0.39, 0.29) is 17.9 Å². The van der Waals surface area contributed by atoms with E-state index in [4.69, 9.17) is 10.8 Å². The molecular formula is C12H17N3O3S. The third-order valence-corrected chi connectivity index (χ3v) is 4.31. The summed E-state index contributed by atoms with van der Waals surface area (Å²) in [6.07, 6.45) is 1.01. The Hall–Kier alpha value is -1.47. The zero-order valence-electron chi connectivity index (χ0n) is 10.7. The quantitative estimate of drug-likeness (QED) is 0.866. The van der Waals surface area contributed by atoms with Crippen molar-refractivity contribution in [1.29, 1.82) is 0 Å². The van der Waals surface area contributed by atoms with Gasteiger partial charge in [0.05, 0.1) is 12.0 Å². The predicted octanol–water partition coefficient (Wildman–Crippen LogP) is 1.10. The van der Waals surface area contributed by atoms with Crippen molar-refractivity contribution in [3.8, 4) is 0 Å². The molecule has 0 radical (unpaired) electrons. The van der Waals surface area contributed by atoms with E-state index in [1.54, 1.807) is 10.3 Å². The van der Waals surface area contributed by atoms with Crippen LogP contribution in [0.5, 0.6) is 0 Å². The number of carboxylic acid groups (broad SMARTS) is 1. The molecule has 1 fully saturated rings. The number of carboxylic acids is 1. The Bertz CT molecular complexity index is 478. The maximum absolute atomic E-state index is 12.2. The van der Waals surface area contributed by atoms with Gasteiger partial charge in [0.1, 0.15) is 10.7 Å². The van der Waals surface area contributed by atoms with Crippen molar-refractivity contribution in [2.24, 2.45) is 11.7 Å². The third-order valence-electron chi connectivity index (χ3n) is 3.26. The molecule has 104 valence electrons. The molecule has 7 heteroatoms. The molecule has 0 saturated carbocycles. The smallest absolute Gasteiger partial charge is 0.306 e. The number of piperidine rings is 1. The first-order valence-corrected chi connectivity index (χ1v) is 7.10. The number of amides is 1. The van der Waals surface area contributed by atoms with Gasteiger partial charge in [-0.3, -0.25) is 9.59 Å². The highest BCUT2D eigenvalue weighted by Gasteiger charge is 2.28. The Morgan fingerprint density at radius 3 is 2.63 bits per heavy atom. The lowest BCUT2D eigenvalue weighted by Gasteiger charge is -2.29. The fraction of sp³-hybridized carbons (Fsp3) is 0.583. The van der Waals surface area contributed by atoms with Crippen LogP contribution in [0, 0.1) is 5.92 Å².